The number of carboxylic acids is 4. The molecule has 0 amide bonds. The standard InChI is InChI=1S/C31H53NO14/c1-4-5-9-19(3)29(46-28(40)15-21(31(43)44)13-26(37)38)24(45-27(39)14-20(30(41)42)12-25(35)36)11-18(2)8-6-7-10-22(33)16-23(34)17-32/h18-24,29,33-34H,4-17,32H2,1-3H3,(H,35,36)(H,37,38)(H,41,42)(H,43,44). The van der Waals surface area contributed by atoms with Crippen LogP contribution in [0.1, 0.15) is 104 Å². The Morgan fingerprint density at radius 3 is 1.61 bits per heavy atom. The molecule has 0 bridgehead atoms. The van der Waals surface area contributed by atoms with E-state index in [0.717, 1.165) is 6.42 Å². The highest BCUT2D eigenvalue weighted by molar-refractivity contribution is 5.83. The molecule has 0 radical (unpaired) electrons. The minimum Gasteiger partial charge on any atom is -0.481 e. The van der Waals surface area contributed by atoms with Crippen molar-refractivity contribution in [2.24, 2.45) is 29.4 Å². The molecule has 0 aromatic heterocycles. The maximum absolute atomic E-state index is 13.0. The topological polar surface area (TPSA) is 268 Å². The number of carboxylic acid groups (broad SMARTS) is 4. The molecule has 266 valence electrons. The van der Waals surface area contributed by atoms with Crippen LogP contribution in [0.5, 0.6) is 0 Å². The van der Waals surface area contributed by atoms with E-state index in [0.29, 0.717) is 38.5 Å². The SMILES string of the molecule is CCCCC(C)C(OC(=O)CC(CC(=O)O)C(=O)O)C(CC(C)CCCCC(O)CC(O)CN)OC(=O)CC(CC(=O)O)C(=O)O. The van der Waals surface area contributed by atoms with E-state index in [4.69, 9.17) is 25.4 Å². The molecule has 46 heavy (non-hydrogen) atoms. The molecular formula is C31H53NO14. The van der Waals surface area contributed by atoms with E-state index in [2.05, 4.69) is 0 Å². The number of carbonyl (C=O) groups is 6. The minimum atomic E-state index is -1.56. The zero-order valence-corrected chi connectivity index (χ0v) is 27.0. The van der Waals surface area contributed by atoms with Crippen LogP contribution < -0.4 is 5.73 Å². The van der Waals surface area contributed by atoms with Gasteiger partial charge in [0.2, 0.25) is 0 Å². The molecule has 0 aliphatic heterocycles. The molecular weight excluding hydrogens is 610 g/mol. The number of hydrogen-bond donors (Lipinski definition) is 7. The molecule has 0 heterocycles. The molecule has 0 saturated heterocycles. The zero-order chi connectivity index (χ0) is 35.4. The van der Waals surface area contributed by atoms with Crippen molar-refractivity contribution >= 4 is 35.8 Å². The number of hydrogen-bond acceptors (Lipinski definition) is 11. The van der Waals surface area contributed by atoms with E-state index in [1.807, 2.05) is 13.8 Å². The first kappa shape index (κ1) is 42.7. The van der Waals surface area contributed by atoms with Crippen molar-refractivity contribution in [3.05, 3.63) is 0 Å². The fourth-order valence-corrected chi connectivity index (χ4v) is 5.15. The number of esters is 2. The first-order chi connectivity index (χ1) is 21.5. The summed E-state index contributed by atoms with van der Waals surface area (Å²) in [5.74, 6) is -11.5. The van der Waals surface area contributed by atoms with Crippen molar-refractivity contribution in [3.8, 4) is 0 Å². The van der Waals surface area contributed by atoms with Crippen LogP contribution in [0, 0.1) is 23.7 Å². The molecule has 0 spiro atoms. The largest absolute Gasteiger partial charge is 0.481 e. The molecule has 15 nitrogen and oxygen atoms in total. The Balaban J connectivity index is 6.02. The molecule has 0 aromatic rings. The fourth-order valence-electron chi connectivity index (χ4n) is 5.15. The van der Waals surface area contributed by atoms with Gasteiger partial charge in [-0.05, 0) is 31.1 Å². The van der Waals surface area contributed by atoms with Gasteiger partial charge in [-0.15, -0.1) is 0 Å². The lowest BCUT2D eigenvalue weighted by Crippen LogP contribution is -2.42. The van der Waals surface area contributed by atoms with Gasteiger partial charge in [-0.2, -0.15) is 0 Å². The second kappa shape index (κ2) is 23.1. The van der Waals surface area contributed by atoms with Gasteiger partial charge in [0.05, 0.1) is 49.7 Å². The Bertz CT molecular complexity index is 973. The van der Waals surface area contributed by atoms with Crippen LogP contribution in [-0.4, -0.2) is 97.4 Å². The Morgan fingerprint density at radius 1 is 0.652 bits per heavy atom. The third-order valence-corrected chi connectivity index (χ3v) is 7.79. The summed E-state index contributed by atoms with van der Waals surface area (Å²) in [4.78, 5) is 71.3. The van der Waals surface area contributed by atoms with Crippen molar-refractivity contribution in [2.45, 2.75) is 129 Å². The molecule has 8 unspecified atom stereocenters. The number of nitrogens with two attached hydrogens (primary N) is 1. The van der Waals surface area contributed by atoms with Crippen LogP contribution in [0.3, 0.4) is 0 Å². The summed E-state index contributed by atoms with van der Waals surface area (Å²) in [5.41, 5.74) is 5.38. The smallest absolute Gasteiger partial charge is 0.307 e. The Hall–Kier alpha value is -3.30. The predicted octanol–water partition coefficient (Wildman–Crippen LogP) is 2.42. The fraction of sp³-hybridized carbons (Fsp3) is 0.806. The molecule has 0 rings (SSSR count). The maximum Gasteiger partial charge on any atom is 0.307 e. The Labute approximate surface area is 269 Å². The van der Waals surface area contributed by atoms with Crippen LogP contribution in [0.15, 0.2) is 0 Å². The second-order valence-corrected chi connectivity index (χ2v) is 12.2. The third-order valence-electron chi connectivity index (χ3n) is 7.79. The van der Waals surface area contributed by atoms with Gasteiger partial charge in [-0.25, -0.2) is 0 Å². The van der Waals surface area contributed by atoms with Gasteiger partial charge in [0.25, 0.3) is 0 Å². The number of aliphatic hydroxyl groups is 2. The highest BCUT2D eigenvalue weighted by Crippen LogP contribution is 2.29. The van der Waals surface area contributed by atoms with E-state index in [9.17, 15) is 49.2 Å². The summed E-state index contributed by atoms with van der Waals surface area (Å²) in [5, 5.41) is 56.6. The van der Waals surface area contributed by atoms with E-state index >= 15 is 0 Å². The number of ether oxygens (including phenoxy) is 2. The van der Waals surface area contributed by atoms with Crippen molar-refractivity contribution in [2.75, 3.05) is 6.54 Å². The van der Waals surface area contributed by atoms with E-state index in [1.54, 1.807) is 6.92 Å². The molecule has 15 heteroatoms. The zero-order valence-electron chi connectivity index (χ0n) is 27.0. The number of aliphatic hydroxyl groups excluding tert-OH is 2. The molecule has 0 saturated carbocycles. The quantitative estimate of drug-likeness (QED) is 0.0491. The number of unbranched alkanes of at least 4 members (excludes halogenated alkanes) is 2. The normalized spacial score (nSPS) is 16.6. The molecule has 8 N–H and O–H groups in total. The highest BCUT2D eigenvalue weighted by atomic mass is 16.6. The summed E-state index contributed by atoms with van der Waals surface area (Å²) in [6, 6.07) is 0. The average molecular weight is 664 g/mol. The van der Waals surface area contributed by atoms with Crippen molar-refractivity contribution in [3.63, 3.8) is 0 Å². The van der Waals surface area contributed by atoms with Crippen molar-refractivity contribution < 1.29 is 68.9 Å². The van der Waals surface area contributed by atoms with Crippen LogP contribution >= 0.6 is 0 Å². The van der Waals surface area contributed by atoms with Gasteiger partial charge in [-0.3, -0.25) is 28.8 Å². The summed E-state index contributed by atoms with van der Waals surface area (Å²) in [6.45, 7) is 5.60. The van der Waals surface area contributed by atoms with Gasteiger partial charge < -0.3 is 45.8 Å². The van der Waals surface area contributed by atoms with Crippen molar-refractivity contribution in [1.82, 2.24) is 0 Å². The summed E-state index contributed by atoms with van der Waals surface area (Å²) in [7, 11) is 0. The van der Waals surface area contributed by atoms with E-state index in [1.165, 1.54) is 0 Å². The lowest BCUT2D eigenvalue weighted by Gasteiger charge is -2.33. The molecule has 0 aromatic carbocycles. The van der Waals surface area contributed by atoms with Crippen molar-refractivity contribution in [1.29, 1.82) is 0 Å². The number of carbonyl (C=O) groups excluding carboxylic acids is 2. The van der Waals surface area contributed by atoms with E-state index in [-0.39, 0.29) is 25.3 Å². The lowest BCUT2D eigenvalue weighted by atomic mass is 9.87. The Kier molecular flexibility index (Phi) is 21.4. The van der Waals surface area contributed by atoms with Crippen LogP contribution in [-0.2, 0) is 38.2 Å². The Morgan fingerprint density at radius 2 is 1.15 bits per heavy atom. The van der Waals surface area contributed by atoms with Crippen LogP contribution in [0.2, 0.25) is 0 Å². The molecule has 8 atom stereocenters. The lowest BCUT2D eigenvalue weighted by molar-refractivity contribution is -0.177. The average Bonchev–Trinajstić information content (AvgIpc) is 2.95. The highest BCUT2D eigenvalue weighted by Gasteiger charge is 2.37. The predicted molar refractivity (Wildman–Crippen MR) is 162 cm³/mol. The van der Waals surface area contributed by atoms with Gasteiger partial charge >= 0.3 is 35.8 Å². The molecule has 0 aliphatic carbocycles. The molecule has 0 fully saturated rings. The summed E-state index contributed by atoms with van der Waals surface area (Å²) < 4.78 is 11.4. The van der Waals surface area contributed by atoms with Gasteiger partial charge in [-0.1, -0.05) is 52.9 Å². The second-order valence-electron chi connectivity index (χ2n) is 12.2. The van der Waals surface area contributed by atoms with Crippen LogP contribution in [0.4, 0.5) is 0 Å². The summed E-state index contributed by atoms with van der Waals surface area (Å²) in [6.07, 6.45) is -2.20. The minimum absolute atomic E-state index is 0.0384. The van der Waals surface area contributed by atoms with Gasteiger partial charge in [0.1, 0.15) is 12.2 Å². The monoisotopic (exact) mass is 663 g/mol. The third kappa shape index (κ3) is 19.3. The van der Waals surface area contributed by atoms with Gasteiger partial charge in [0.15, 0.2) is 0 Å². The van der Waals surface area contributed by atoms with Gasteiger partial charge in [0, 0.05) is 13.0 Å². The number of rotatable bonds is 27. The van der Waals surface area contributed by atoms with E-state index < -0.39 is 104 Å². The number of aliphatic carboxylic acids is 4. The summed E-state index contributed by atoms with van der Waals surface area (Å²) >= 11 is 0. The maximum atomic E-state index is 13.0. The molecule has 0 aliphatic rings. The first-order valence-corrected chi connectivity index (χ1v) is 15.8. The van der Waals surface area contributed by atoms with Crippen LogP contribution in [0.25, 0.3) is 0 Å². The first-order valence-electron chi connectivity index (χ1n) is 15.8.